The zero-order valence-corrected chi connectivity index (χ0v) is 12.1. The molecule has 1 aliphatic rings. The summed E-state index contributed by atoms with van der Waals surface area (Å²) in [5.74, 6) is 1.69. The third kappa shape index (κ3) is 4.54. The Morgan fingerprint density at radius 1 is 1.16 bits per heavy atom. The second kappa shape index (κ2) is 7.54. The monoisotopic (exact) mass is 261 g/mol. The minimum atomic E-state index is 0.315. The molecule has 1 saturated carbocycles. The lowest BCUT2D eigenvalue weighted by Crippen LogP contribution is -2.33. The Morgan fingerprint density at radius 3 is 2.47 bits per heavy atom. The van der Waals surface area contributed by atoms with Crippen LogP contribution in [0.15, 0.2) is 24.3 Å². The molecule has 1 aromatic carbocycles. The molecular weight excluding hydrogens is 234 g/mol. The SMILES string of the molecule is CCc1ccc(OCCC(N)C2CCCCC2)cc1. The highest BCUT2D eigenvalue weighted by Gasteiger charge is 2.20. The van der Waals surface area contributed by atoms with E-state index in [1.54, 1.807) is 0 Å². The highest BCUT2D eigenvalue weighted by atomic mass is 16.5. The van der Waals surface area contributed by atoms with Crippen LogP contribution in [0.3, 0.4) is 0 Å². The fourth-order valence-corrected chi connectivity index (χ4v) is 2.93. The summed E-state index contributed by atoms with van der Waals surface area (Å²) >= 11 is 0. The molecule has 1 fully saturated rings. The molecule has 0 bridgehead atoms. The van der Waals surface area contributed by atoms with Crippen LogP contribution in [0.1, 0.15) is 51.0 Å². The summed E-state index contributed by atoms with van der Waals surface area (Å²) in [6.45, 7) is 2.90. The number of aryl methyl sites for hydroxylation is 1. The van der Waals surface area contributed by atoms with Gasteiger partial charge in [-0.15, -0.1) is 0 Å². The van der Waals surface area contributed by atoms with Gasteiger partial charge in [-0.3, -0.25) is 0 Å². The summed E-state index contributed by atoms with van der Waals surface area (Å²) in [5.41, 5.74) is 7.63. The van der Waals surface area contributed by atoms with Crippen molar-refractivity contribution in [2.75, 3.05) is 6.61 Å². The molecule has 0 amide bonds. The van der Waals surface area contributed by atoms with Crippen molar-refractivity contribution >= 4 is 0 Å². The number of nitrogens with two attached hydrogens (primary N) is 1. The maximum Gasteiger partial charge on any atom is 0.119 e. The second-order valence-electron chi connectivity index (χ2n) is 5.70. The molecule has 19 heavy (non-hydrogen) atoms. The second-order valence-corrected chi connectivity index (χ2v) is 5.70. The van der Waals surface area contributed by atoms with E-state index in [-0.39, 0.29) is 0 Å². The number of hydrogen-bond acceptors (Lipinski definition) is 2. The van der Waals surface area contributed by atoms with Gasteiger partial charge in [0.15, 0.2) is 0 Å². The zero-order chi connectivity index (χ0) is 13.5. The molecule has 2 nitrogen and oxygen atoms in total. The van der Waals surface area contributed by atoms with Gasteiger partial charge in [-0.25, -0.2) is 0 Å². The van der Waals surface area contributed by atoms with Crippen molar-refractivity contribution in [3.05, 3.63) is 29.8 Å². The summed E-state index contributed by atoms with van der Waals surface area (Å²) in [4.78, 5) is 0. The predicted octanol–water partition coefficient (Wildman–Crippen LogP) is 3.93. The van der Waals surface area contributed by atoms with Gasteiger partial charge < -0.3 is 10.5 Å². The molecule has 1 atom stereocenters. The quantitative estimate of drug-likeness (QED) is 0.842. The first kappa shape index (κ1) is 14.4. The van der Waals surface area contributed by atoms with E-state index in [4.69, 9.17) is 10.5 Å². The van der Waals surface area contributed by atoms with Crippen molar-refractivity contribution in [1.82, 2.24) is 0 Å². The van der Waals surface area contributed by atoms with Crippen molar-refractivity contribution < 1.29 is 4.74 Å². The molecule has 2 N–H and O–H groups in total. The molecule has 0 saturated heterocycles. The number of hydrogen-bond donors (Lipinski definition) is 1. The lowest BCUT2D eigenvalue weighted by atomic mass is 9.83. The normalized spacial score (nSPS) is 18.2. The van der Waals surface area contributed by atoms with Crippen molar-refractivity contribution in [2.45, 2.75) is 57.9 Å². The smallest absolute Gasteiger partial charge is 0.119 e. The van der Waals surface area contributed by atoms with Crippen LogP contribution in [0.4, 0.5) is 0 Å². The van der Waals surface area contributed by atoms with Crippen LogP contribution in [-0.4, -0.2) is 12.6 Å². The largest absolute Gasteiger partial charge is 0.494 e. The van der Waals surface area contributed by atoms with Gasteiger partial charge in [-0.05, 0) is 49.3 Å². The molecule has 2 heteroatoms. The van der Waals surface area contributed by atoms with Crippen molar-refractivity contribution in [3.8, 4) is 5.75 Å². The van der Waals surface area contributed by atoms with E-state index in [0.29, 0.717) is 6.04 Å². The Balaban J connectivity index is 1.69. The van der Waals surface area contributed by atoms with Crippen LogP contribution in [0.5, 0.6) is 5.75 Å². The molecule has 106 valence electrons. The molecule has 0 spiro atoms. The molecule has 0 heterocycles. The molecule has 2 rings (SSSR count). The minimum Gasteiger partial charge on any atom is -0.494 e. The minimum absolute atomic E-state index is 0.315. The summed E-state index contributed by atoms with van der Waals surface area (Å²) in [5, 5.41) is 0. The van der Waals surface area contributed by atoms with Gasteiger partial charge in [0.05, 0.1) is 6.61 Å². The molecular formula is C17H27NO. The summed E-state index contributed by atoms with van der Waals surface area (Å²) < 4.78 is 5.79. The Kier molecular flexibility index (Phi) is 5.71. The fourth-order valence-electron chi connectivity index (χ4n) is 2.93. The molecule has 0 aromatic heterocycles. The van der Waals surface area contributed by atoms with Crippen LogP contribution < -0.4 is 10.5 Å². The molecule has 1 aromatic rings. The highest BCUT2D eigenvalue weighted by molar-refractivity contribution is 5.27. The van der Waals surface area contributed by atoms with E-state index < -0.39 is 0 Å². The van der Waals surface area contributed by atoms with Crippen molar-refractivity contribution in [2.24, 2.45) is 11.7 Å². The summed E-state index contributed by atoms with van der Waals surface area (Å²) in [7, 11) is 0. The van der Waals surface area contributed by atoms with Gasteiger partial charge in [0.2, 0.25) is 0 Å². The molecule has 0 radical (unpaired) electrons. The van der Waals surface area contributed by atoms with Crippen molar-refractivity contribution in [1.29, 1.82) is 0 Å². The van der Waals surface area contributed by atoms with Crippen LogP contribution >= 0.6 is 0 Å². The summed E-state index contributed by atoms with van der Waals surface area (Å²) in [6, 6.07) is 8.71. The van der Waals surface area contributed by atoms with Crippen LogP contribution in [-0.2, 0) is 6.42 Å². The topological polar surface area (TPSA) is 35.2 Å². The highest BCUT2D eigenvalue weighted by Crippen LogP contribution is 2.26. The third-order valence-electron chi connectivity index (χ3n) is 4.31. The Morgan fingerprint density at radius 2 is 1.84 bits per heavy atom. The van der Waals surface area contributed by atoms with Crippen molar-refractivity contribution in [3.63, 3.8) is 0 Å². The first-order chi connectivity index (χ1) is 9.29. The Labute approximate surface area is 117 Å². The van der Waals surface area contributed by atoms with Crippen LogP contribution in [0.2, 0.25) is 0 Å². The average molecular weight is 261 g/mol. The zero-order valence-electron chi connectivity index (χ0n) is 12.1. The van der Waals surface area contributed by atoms with E-state index >= 15 is 0 Å². The average Bonchev–Trinajstić information content (AvgIpc) is 2.49. The molecule has 1 unspecified atom stereocenters. The van der Waals surface area contributed by atoms with E-state index in [2.05, 4.69) is 31.2 Å². The lowest BCUT2D eigenvalue weighted by Gasteiger charge is -2.27. The molecule has 1 aliphatic carbocycles. The van der Waals surface area contributed by atoms with Gasteiger partial charge in [-0.1, -0.05) is 38.3 Å². The van der Waals surface area contributed by atoms with E-state index in [1.807, 2.05) is 0 Å². The van der Waals surface area contributed by atoms with E-state index in [1.165, 1.54) is 37.7 Å². The number of benzene rings is 1. The lowest BCUT2D eigenvalue weighted by molar-refractivity contribution is 0.243. The third-order valence-corrected chi connectivity index (χ3v) is 4.31. The standard InChI is InChI=1S/C17H27NO/c1-2-14-8-10-16(11-9-14)19-13-12-17(18)15-6-4-3-5-7-15/h8-11,15,17H,2-7,12-13,18H2,1H3. The van der Waals surface area contributed by atoms with Gasteiger partial charge in [0, 0.05) is 6.04 Å². The first-order valence-electron chi connectivity index (χ1n) is 7.77. The first-order valence-corrected chi connectivity index (χ1v) is 7.77. The Bertz CT molecular complexity index is 354. The Hall–Kier alpha value is -1.02. The van der Waals surface area contributed by atoms with Gasteiger partial charge in [0.1, 0.15) is 5.75 Å². The maximum absolute atomic E-state index is 6.28. The summed E-state index contributed by atoms with van der Waals surface area (Å²) in [6.07, 6.45) is 8.78. The maximum atomic E-state index is 6.28. The van der Waals surface area contributed by atoms with Crippen LogP contribution in [0, 0.1) is 5.92 Å². The number of ether oxygens (including phenoxy) is 1. The van der Waals surface area contributed by atoms with Gasteiger partial charge in [0.25, 0.3) is 0 Å². The van der Waals surface area contributed by atoms with Gasteiger partial charge in [-0.2, -0.15) is 0 Å². The van der Waals surface area contributed by atoms with E-state index in [9.17, 15) is 0 Å². The van der Waals surface area contributed by atoms with Crippen LogP contribution in [0.25, 0.3) is 0 Å². The number of rotatable bonds is 6. The molecule has 0 aliphatic heterocycles. The predicted molar refractivity (Wildman–Crippen MR) is 80.5 cm³/mol. The fraction of sp³-hybridized carbons (Fsp3) is 0.647. The van der Waals surface area contributed by atoms with E-state index in [0.717, 1.165) is 31.1 Å². The van der Waals surface area contributed by atoms with Gasteiger partial charge >= 0.3 is 0 Å².